The SMILES string of the molecule is CCCCCCCCCCCCCCCCCCC(CCCCCCCCCCCCCCCCCC)(CSCC(S)C(=O)O)C(=O)O. The smallest absolute Gasteiger partial charge is 0.317 e. The topological polar surface area (TPSA) is 74.6 Å². The molecule has 0 amide bonds. The Labute approximate surface area is 309 Å². The van der Waals surface area contributed by atoms with Gasteiger partial charge in [-0.25, -0.2) is 0 Å². The third-order valence-corrected chi connectivity index (χ3v) is 12.4. The Balaban J connectivity index is 4.19. The Morgan fingerprint density at radius 1 is 0.479 bits per heavy atom. The first-order chi connectivity index (χ1) is 23.4. The van der Waals surface area contributed by atoms with Crippen LogP contribution >= 0.6 is 24.4 Å². The van der Waals surface area contributed by atoms with E-state index in [-0.39, 0.29) is 0 Å². The summed E-state index contributed by atoms with van der Waals surface area (Å²) in [5.74, 6) is -0.777. The molecule has 2 N–H and O–H groups in total. The monoisotopic (exact) mass is 715 g/mol. The summed E-state index contributed by atoms with van der Waals surface area (Å²) in [4.78, 5) is 23.9. The third-order valence-electron chi connectivity index (χ3n) is 10.4. The molecule has 0 aliphatic carbocycles. The van der Waals surface area contributed by atoms with Crippen molar-refractivity contribution >= 4 is 36.3 Å². The summed E-state index contributed by atoms with van der Waals surface area (Å²) < 4.78 is 0. The largest absolute Gasteiger partial charge is 0.481 e. The number of rotatable bonds is 40. The molecule has 0 spiro atoms. The number of carbonyl (C=O) groups is 2. The van der Waals surface area contributed by atoms with Gasteiger partial charge in [-0.2, -0.15) is 24.4 Å². The lowest BCUT2D eigenvalue weighted by molar-refractivity contribution is -0.148. The molecule has 0 bridgehead atoms. The van der Waals surface area contributed by atoms with Crippen molar-refractivity contribution in [2.75, 3.05) is 11.5 Å². The summed E-state index contributed by atoms with van der Waals surface area (Å²) in [6, 6.07) is 0. The average Bonchev–Trinajstić information content (AvgIpc) is 3.07. The second kappa shape index (κ2) is 36.4. The standard InChI is InChI=1S/C42H82O4S2/c1-3-5-7-9-11-13-15-17-19-21-23-25-27-29-31-33-35-42(41(45)46,38-48-37-39(47)40(43)44)36-34-32-30-28-26-24-22-20-18-16-14-12-10-8-6-4-2/h39,47H,3-38H2,1-2H3,(H,43,44)(H,45,46). The number of unbranched alkanes of at least 4 members (excludes halogenated alkanes) is 30. The minimum Gasteiger partial charge on any atom is -0.481 e. The van der Waals surface area contributed by atoms with Gasteiger partial charge in [0.1, 0.15) is 5.25 Å². The molecule has 6 heteroatoms. The summed E-state index contributed by atoms with van der Waals surface area (Å²) in [5, 5.41) is 18.9. The van der Waals surface area contributed by atoms with Gasteiger partial charge in [0.2, 0.25) is 0 Å². The maximum absolute atomic E-state index is 12.7. The molecule has 0 fully saturated rings. The highest BCUT2D eigenvalue weighted by molar-refractivity contribution is 8.00. The zero-order valence-corrected chi connectivity index (χ0v) is 33.8. The van der Waals surface area contributed by atoms with Gasteiger partial charge in [0.05, 0.1) is 5.41 Å². The number of carboxylic acid groups (broad SMARTS) is 2. The van der Waals surface area contributed by atoms with Gasteiger partial charge in [0.15, 0.2) is 0 Å². The van der Waals surface area contributed by atoms with Crippen molar-refractivity contribution in [1.29, 1.82) is 0 Å². The summed E-state index contributed by atoms with van der Waals surface area (Å²) in [6.07, 6.45) is 43.5. The number of carboxylic acids is 2. The van der Waals surface area contributed by atoms with Gasteiger partial charge in [0.25, 0.3) is 0 Å². The van der Waals surface area contributed by atoms with Crippen LogP contribution in [0.15, 0.2) is 0 Å². The van der Waals surface area contributed by atoms with Gasteiger partial charge in [-0.1, -0.05) is 219 Å². The molecule has 0 aromatic carbocycles. The van der Waals surface area contributed by atoms with Crippen LogP contribution in [0.4, 0.5) is 0 Å². The summed E-state index contributed by atoms with van der Waals surface area (Å²) in [7, 11) is 0. The maximum atomic E-state index is 12.7. The van der Waals surface area contributed by atoms with Crippen molar-refractivity contribution in [3.05, 3.63) is 0 Å². The predicted molar refractivity (Wildman–Crippen MR) is 216 cm³/mol. The normalized spacial score (nSPS) is 12.5. The maximum Gasteiger partial charge on any atom is 0.317 e. The third kappa shape index (κ3) is 30.5. The molecule has 0 saturated heterocycles. The van der Waals surface area contributed by atoms with E-state index < -0.39 is 22.6 Å². The highest BCUT2D eigenvalue weighted by Gasteiger charge is 2.37. The quantitative estimate of drug-likeness (QED) is 0.0435. The van der Waals surface area contributed by atoms with E-state index in [0.29, 0.717) is 24.3 Å². The van der Waals surface area contributed by atoms with Crippen LogP contribution in [0.3, 0.4) is 0 Å². The zero-order chi connectivity index (χ0) is 35.4. The lowest BCUT2D eigenvalue weighted by Crippen LogP contribution is -2.34. The number of thiol groups is 1. The lowest BCUT2D eigenvalue weighted by atomic mass is 9.79. The molecule has 0 saturated carbocycles. The Morgan fingerprint density at radius 3 is 0.958 bits per heavy atom. The van der Waals surface area contributed by atoms with Gasteiger partial charge in [-0.05, 0) is 12.8 Å². The average molecular weight is 715 g/mol. The molecule has 0 aliphatic rings. The fourth-order valence-corrected chi connectivity index (χ4v) is 8.61. The number of aliphatic carboxylic acids is 2. The van der Waals surface area contributed by atoms with E-state index in [0.717, 1.165) is 25.7 Å². The van der Waals surface area contributed by atoms with E-state index in [1.54, 1.807) is 0 Å². The molecule has 1 unspecified atom stereocenters. The molecule has 48 heavy (non-hydrogen) atoms. The highest BCUT2D eigenvalue weighted by atomic mass is 32.2. The first-order valence-electron chi connectivity index (χ1n) is 21.1. The van der Waals surface area contributed by atoms with E-state index in [2.05, 4.69) is 26.5 Å². The minimum absolute atomic E-state index is 0.353. The molecular weight excluding hydrogens is 633 g/mol. The van der Waals surface area contributed by atoms with Crippen LogP contribution in [0.1, 0.15) is 232 Å². The van der Waals surface area contributed by atoms with Gasteiger partial charge < -0.3 is 10.2 Å². The molecule has 0 aromatic rings. The Bertz CT molecular complexity index is 665. The van der Waals surface area contributed by atoms with Crippen LogP contribution < -0.4 is 0 Å². The van der Waals surface area contributed by atoms with E-state index in [1.807, 2.05) is 0 Å². The van der Waals surface area contributed by atoms with Gasteiger partial charge in [-0.15, -0.1) is 0 Å². The van der Waals surface area contributed by atoms with Crippen molar-refractivity contribution in [3.63, 3.8) is 0 Å². The van der Waals surface area contributed by atoms with Crippen LogP contribution in [-0.2, 0) is 9.59 Å². The van der Waals surface area contributed by atoms with E-state index in [4.69, 9.17) is 0 Å². The molecule has 286 valence electrons. The number of thioether (sulfide) groups is 1. The van der Waals surface area contributed by atoms with Crippen molar-refractivity contribution < 1.29 is 19.8 Å². The molecular formula is C42H82O4S2. The fourth-order valence-electron chi connectivity index (χ4n) is 7.01. The Hall–Kier alpha value is -0.360. The van der Waals surface area contributed by atoms with E-state index in [1.165, 1.54) is 192 Å². The zero-order valence-electron chi connectivity index (χ0n) is 32.1. The second-order valence-corrected chi connectivity index (χ2v) is 16.7. The molecule has 0 aliphatic heterocycles. The molecule has 1 atom stereocenters. The van der Waals surface area contributed by atoms with Crippen LogP contribution in [0.5, 0.6) is 0 Å². The second-order valence-electron chi connectivity index (χ2n) is 15.1. The van der Waals surface area contributed by atoms with Gasteiger partial charge in [0, 0.05) is 11.5 Å². The Kier molecular flexibility index (Phi) is 36.2. The fraction of sp³-hybridized carbons (Fsp3) is 0.952. The van der Waals surface area contributed by atoms with Crippen molar-refractivity contribution in [2.45, 2.75) is 237 Å². The van der Waals surface area contributed by atoms with Crippen LogP contribution in [0.2, 0.25) is 0 Å². The summed E-state index contributed by atoms with van der Waals surface area (Å²) in [6.45, 7) is 4.56. The molecule has 0 radical (unpaired) electrons. The summed E-state index contributed by atoms with van der Waals surface area (Å²) >= 11 is 5.64. The molecule has 0 aromatic heterocycles. The molecule has 0 heterocycles. The predicted octanol–water partition coefficient (Wildman–Crippen LogP) is 14.5. The highest BCUT2D eigenvalue weighted by Crippen LogP contribution is 2.36. The van der Waals surface area contributed by atoms with Gasteiger partial charge >= 0.3 is 11.9 Å². The first-order valence-corrected chi connectivity index (χ1v) is 22.8. The van der Waals surface area contributed by atoms with Crippen molar-refractivity contribution in [2.24, 2.45) is 5.41 Å². The Morgan fingerprint density at radius 2 is 0.729 bits per heavy atom. The molecule has 0 rings (SSSR count). The first kappa shape index (κ1) is 47.6. The van der Waals surface area contributed by atoms with Crippen molar-refractivity contribution in [3.8, 4) is 0 Å². The van der Waals surface area contributed by atoms with E-state index >= 15 is 0 Å². The van der Waals surface area contributed by atoms with Crippen LogP contribution in [0, 0.1) is 5.41 Å². The van der Waals surface area contributed by atoms with Crippen LogP contribution in [0.25, 0.3) is 0 Å². The van der Waals surface area contributed by atoms with E-state index in [9.17, 15) is 19.8 Å². The summed E-state index contributed by atoms with van der Waals surface area (Å²) in [5.41, 5.74) is -0.747. The minimum atomic E-state index is -0.928. The number of hydrogen-bond donors (Lipinski definition) is 3. The van der Waals surface area contributed by atoms with Crippen molar-refractivity contribution in [1.82, 2.24) is 0 Å². The number of hydrogen-bond acceptors (Lipinski definition) is 4. The molecule has 4 nitrogen and oxygen atoms in total. The lowest BCUT2D eigenvalue weighted by Gasteiger charge is -2.30. The van der Waals surface area contributed by atoms with Gasteiger partial charge in [-0.3, -0.25) is 9.59 Å². The van der Waals surface area contributed by atoms with Crippen LogP contribution in [-0.4, -0.2) is 38.9 Å².